The van der Waals surface area contributed by atoms with Crippen molar-refractivity contribution in [2.45, 2.75) is 57.9 Å². The van der Waals surface area contributed by atoms with Crippen LogP contribution in [-0.2, 0) is 12.7 Å². The molecule has 0 radical (unpaired) electrons. The fraction of sp³-hybridized carbons (Fsp3) is 0.556. The fourth-order valence-electron chi connectivity index (χ4n) is 5.86. The van der Waals surface area contributed by atoms with Gasteiger partial charge in [0.25, 0.3) is 0 Å². The zero-order valence-electron chi connectivity index (χ0n) is 21.0. The molecule has 2 saturated heterocycles. The van der Waals surface area contributed by atoms with Crippen LogP contribution >= 0.6 is 0 Å². The number of nitrogens with one attached hydrogen (secondary N) is 1. The summed E-state index contributed by atoms with van der Waals surface area (Å²) in [6.07, 6.45) is 3.75. The lowest BCUT2D eigenvalue weighted by Gasteiger charge is -2.46. The predicted molar refractivity (Wildman–Crippen MR) is 136 cm³/mol. The number of fused-ring (bicyclic) bond motifs is 1. The van der Waals surface area contributed by atoms with Gasteiger partial charge in [-0.1, -0.05) is 6.07 Å². The summed E-state index contributed by atoms with van der Waals surface area (Å²) in [5, 5.41) is 1.27. The van der Waals surface area contributed by atoms with Crippen LogP contribution in [0.3, 0.4) is 0 Å². The van der Waals surface area contributed by atoms with Gasteiger partial charge in [0, 0.05) is 43.4 Å². The maximum absolute atomic E-state index is 12.8. The van der Waals surface area contributed by atoms with Crippen molar-refractivity contribution in [1.82, 2.24) is 24.8 Å². The predicted octanol–water partition coefficient (Wildman–Crippen LogP) is 5.18. The Morgan fingerprint density at radius 1 is 1.00 bits per heavy atom. The number of hydrogen-bond donors (Lipinski definition) is 1. The number of rotatable bonds is 6. The van der Waals surface area contributed by atoms with E-state index in [1.165, 1.54) is 48.1 Å². The summed E-state index contributed by atoms with van der Waals surface area (Å²) in [5.41, 5.74) is 3.22. The van der Waals surface area contributed by atoms with Crippen molar-refractivity contribution in [1.29, 1.82) is 0 Å². The molecular weight excluding hydrogens is 465 g/mol. The van der Waals surface area contributed by atoms with Gasteiger partial charge in [0.1, 0.15) is 0 Å². The molecule has 4 heterocycles. The second-order valence-electron chi connectivity index (χ2n) is 10.5. The minimum absolute atomic E-state index is 0.319. The SMILES string of the molecule is C[C@@H]1CN(c2cnc(C(F)(F)F)nc2)C[C@H](C)N1CCC1CCN(Cc2ccc3[nH]ccc3c2)CC1. The van der Waals surface area contributed by atoms with Crippen LogP contribution in [0.1, 0.15) is 44.5 Å². The Bertz CT molecular complexity index is 1120. The molecule has 0 saturated carbocycles. The van der Waals surface area contributed by atoms with Crippen molar-refractivity contribution in [3.63, 3.8) is 0 Å². The van der Waals surface area contributed by atoms with E-state index in [4.69, 9.17) is 0 Å². The molecular formula is C27H35F3N6. The molecule has 0 aliphatic carbocycles. The highest BCUT2D eigenvalue weighted by atomic mass is 19.4. The van der Waals surface area contributed by atoms with Gasteiger partial charge in [0.15, 0.2) is 0 Å². The van der Waals surface area contributed by atoms with Crippen molar-refractivity contribution in [3.8, 4) is 0 Å². The molecule has 1 aromatic carbocycles. The molecule has 2 aromatic heterocycles. The number of halogens is 3. The zero-order valence-corrected chi connectivity index (χ0v) is 21.0. The van der Waals surface area contributed by atoms with E-state index in [9.17, 15) is 13.2 Å². The average molecular weight is 501 g/mol. The lowest BCUT2D eigenvalue weighted by atomic mass is 9.92. The molecule has 194 valence electrons. The quantitative estimate of drug-likeness (QED) is 0.506. The van der Waals surface area contributed by atoms with Gasteiger partial charge in [0.2, 0.25) is 5.82 Å². The second-order valence-corrected chi connectivity index (χ2v) is 10.5. The first-order chi connectivity index (χ1) is 17.3. The Balaban J connectivity index is 1.08. The largest absolute Gasteiger partial charge is 0.451 e. The lowest BCUT2D eigenvalue weighted by Crippen LogP contribution is -2.57. The van der Waals surface area contributed by atoms with Crippen LogP contribution in [0.2, 0.25) is 0 Å². The topological polar surface area (TPSA) is 51.3 Å². The van der Waals surface area contributed by atoms with Gasteiger partial charge < -0.3 is 9.88 Å². The van der Waals surface area contributed by atoms with Gasteiger partial charge in [-0.2, -0.15) is 13.2 Å². The molecule has 0 amide bonds. The van der Waals surface area contributed by atoms with Gasteiger partial charge in [-0.25, -0.2) is 9.97 Å². The maximum Gasteiger partial charge on any atom is 0.451 e. The van der Waals surface area contributed by atoms with Crippen LogP contribution in [0.15, 0.2) is 42.9 Å². The number of alkyl halides is 3. The van der Waals surface area contributed by atoms with Crippen LogP contribution < -0.4 is 4.90 Å². The Morgan fingerprint density at radius 2 is 1.69 bits per heavy atom. The Hall–Kier alpha value is -2.65. The number of H-pyrrole nitrogens is 1. The maximum atomic E-state index is 12.8. The third-order valence-corrected chi connectivity index (χ3v) is 7.89. The molecule has 5 rings (SSSR count). The molecule has 36 heavy (non-hydrogen) atoms. The number of benzene rings is 1. The van der Waals surface area contributed by atoms with Crippen molar-refractivity contribution in [3.05, 3.63) is 54.2 Å². The highest BCUT2D eigenvalue weighted by Crippen LogP contribution is 2.29. The van der Waals surface area contributed by atoms with Crippen LogP contribution in [0.25, 0.3) is 10.9 Å². The summed E-state index contributed by atoms with van der Waals surface area (Å²) in [7, 11) is 0. The standard InChI is InChI=1S/C27H35F3N6/c1-19-16-35(24-14-32-26(33-15-24)27(28,29)30)17-20(2)36(19)12-8-21-6-10-34(11-7-21)18-22-3-4-25-23(13-22)5-9-31-25/h3-5,9,13-15,19-21,31H,6-8,10-12,16-18H2,1-2H3/t19-,20+. The molecule has 6 nitrogen and oxygen atoms in total. The van der Waals surface area contributed by atoms with Crippen LogP contribution in [-0.4, -0.2) is 69.6 Å². The van der Waals surface area contributed by atoms with Crippen molar-refractivity contribution in [2.24, 2.45) is 5.92 Å². The first kappa shape index (κ1) is 25.0. The number of aromatic nitrogens is 3. The smallest absolute Gasteiger partial charge is 0.366 e. The van der Waals surface area contributed by atoms with E-state index < -0.39 is 12.0 Å². The minimum Gasteiger partial charge on any atom is -0.366 e. The average Bonchev–Trinajstić information content (AvgIpc) is 3.32. The summed E-state index contributed by atoms with van der Waals surface area (Å²) >= 11 is 0. The number of nitrogens with zero attached hydrogens (tertiary/aromatic N) is 5. The number of piperazine rings is 1. The first-order valence-electron chi connectivity index (χ1n) is 12.9. The van der Waals surface area contributed by atoms with Gasteiger partial charge in [-0.3, -0.25) is 9.80 Å². The lowest BCUT2D eigenvalue weighted by molar-refractivity contribution is -0.145. The van der Waals surface area contributed by atoms with E-state index in [1.807, 2.05) is 6.20 Å². The van der Waals surface area contributed by atoms with Crippen LogP contribution in [0.5, 0.6) is 0 Å². The minimum atomic E-state index is -4.51. The van der Waals surface area contributed by atoms with E-state index in [2.05, 4.69) is 67.8 Å². The Kier molecular flexibility index (Phi) is 7.21. The van der Waals surface area contributed by atoms with E-state index in [0.717, 1.165) is 45.2 Å². The third-order valence-electron chi connectivity index (χ3n) is 7.89. The monoisotopic (exact) mass is 500 g/mol. The van der Waals surface area contributed by atoms with Crippen molar-refractivity contribution >= 4 is 16.6 Å². The van der Waals surface area contributed by atoms with Crippen molar-refractivity contribution in [2.75, 3.05) is 37.6 Å². The number of piperidine rings is 1. The highest BCUT2D eigenvalue weighted by molar-refractivity contribution is 5.79. The molecule has 2 atom stereocenters. The summed E-state index contributed by atoms with van der Waals surface area (Å²) in [6.45, 7) is 10.3. The molecule has 0 spiro atoms. The zero-order chi connectivity index (χ0) is 25.3. The van der Waals surface area contributed by atoms with E-state index >= 15 is 0 Å². The number of hydrogen-bond acceptors (Lipinski definition) is 5. The molecule has 3 aromatic rings. The molecule has 1 N–H and O–H groups in total. The summed E-state index contributed by atoms with van der Waals surface area (Å²) in [4.78, 5) is 17.6. The molecule has 0 unspecified atom stereocenters. The number of likely N-dealkylation sites (tertiary alicyclic amines) is 1. The van der Waals surface area contributed by atoms with Gasteiger partial charge >= 0.3 is 6.18 Å². The van der Waals surface area contributed by atoms with E-state index in [-0.39, 0.29) is 0 Å². The summed E-state index contributed by atoms with van der Waals surface area (Å²) in [6, 6.07) is 9.45. The molecule has 0 bridgehead atoms. The molecule has 2 fully saturated rings. The summed E-state index contributed by atoms with van der Waals surface area (Å²) < 4.78 is 38.4. The molecule has 9 heteroatoms. The van der Waals surface area contributed by atoms with Gasteiger partial charge in [-0.05, 0) is 87.8 Å². The van der Waals surface area contributed by atoms with Crippen molar-refractivity contribution < 1.29 is 13.2 Å². The van der Waals surface area contributed by atoms with Crippen LogP contribution in [0, 0.1) is 5.92 Å². The molecule has 2 aliphatic rings. The number of aromatic amines is 1. The highest BCUT2D eigenvalue weighted by Gasteiger charge is 2.35. The molecule has 2 aliphatic heterocycles. The van der Waals surface area contributed by atoms with Gasteiger partial charge in [0.05, 0.1) is 18.1 Å². The summed E-state index contributed by atoms with van der Waals surface area (Å²) in [5.74, 6) is -0.340. The van der Waals surface area contributed by atoms with Gasteiger partial charge in [-0.15, -0.1) is 0 Å². The normalized spacial score (nSPS) is 23.0. The third kappa shape index (κ3) is 5.67. The second kappa shape index (κ2) is 10.4. The fourth-order valence-corrected chi connectivity index (χ4v) is 5.86. The first-order valence-corrected chi connectivity index (χ1v) is 12.9. The number of anilines is 1. The Labute approximate surface area is 210 Å². The van der Waals surface area contributed by atoms with E-state index in [0.29, 0.717) is 17.8 Å². The van der Waals surface area contributed by atoms with E-state index in [1.54, 1.807) is 0 Å². The van der Waals surface area contributed by atoms with Crippen LogP contribution in [0.4, 0.5) is 18.9 Å². The Morgan fingerprint density at radius 3 is 2.36 bits per heavy atom.